The van der Waals surface area contributed by atoms with E-state index in [2.05, 4.69) is 15.6 Å². The molecule has 2 aliphatic rings. The Bertz CT molecular complexity index is 591. The average molecular weight is 297 g/mol. The molecule has 3 rings (SSSR count). The predicted molar refractivity (Wildman–Crippen MR) is 71.6 cm³/mol. The van der Waals surface area contributed by atoms with Crippen LogP contribution in [0.4, 0.5) is 13.2 Å². The lowest BCUT2D eigenvalue weighted by atomic mass is 10.1. The molecule has 5 nitrogen and oxygen atoms in total. The molecule has 1 atom stereocenters. The molecule has 0 aliphatic carbocycles. The first-order valence-corrected chi connectivity index (χ1v) is 6.38. The van der Waals surface area contributed by atoms with Crippen molar-refractivity contribution in [2.45, 2.75) is 19.0 Å². The number of hydrogen-bond acceptors (Lipinski definition) is 5. The minimum Gasteiger partial charge on any atom is -0.353 e. The van der Waals surface area contributed by atoms with Crippen molar-refractivity contribution in [3.05, 3.63) is 46.9 Å². The predicted octanol–water partition coefficient (Wildman–Crippen LogP) is 1.15. The van der Waals surface area contributed by atoms with Crippen molar-refractivity contribution < 1.29 is 13.2 Å². The summed E-state index contributed by atoms with van der Waals surface area (Å²) in [6.45, 7) is 1.05. The first-order valence-electron chi connectivity index (χ1n) is 6.38. The number of alkyl halides is 3. The second-order valence-corrected chi connectivity index (χ2v) is 4.86. The number of benzene rings is 1. The van der Waals surface area contributed by atoms with E-state index in [1.54, 1.807) is 6.21 Å². The third-order valence-electron chi connectivity index (χ3n) is 3.35. The highest BCUT2D eigenvalue weighted by atomic mass is 19.4. The molecule has 8 heteroatoms. The minimum atomic E-state index is -4.31. The van der Waals surface area contributed by atoms with Gasteiger partial charge in [-0.1, -0.05) is 12.1 Å². The molecule has 0 radical (unpaired) electrons. The third kappa shape index (κ3) is 2.80. The smallest absolute Gasteiger partial charge is 0.353 e. The van der Waals surface area contributed by atoms with E-state index < -0.39 is 18.0 Å². The molecule has 0 amide bonds. The molecule has 1 aromatic rings. The molecule has 1 unspecified atom stereocenters. The van der Waals surface area contributed by atoms with Gasteiger partial charge >= 0.3 is 6.18 Å². The molecule has 0 aromatic heterocycles. The molecule has 2 heterocycles. The summed E-state index contributed by atoms with van der Waals surface area (Å²) in [6, 6.07) is 5.16. The van der Waals surface area contributed by atoms with Crippen molar-refractivity contribution in [1.29, 1.82) is 0 Å². The monoisotopic (exact) mass is 297 g/mol. The highest BCUT2D eigenvalue weighted by Gasteiger charge is 2.30. The van der Waals surface area contributed by atoms with E-state index in [0.717, 1.165) is 29.2 Å². The zero-order valence-electron chi connectivity index (χ0n) is 11.0. The number of halogens is 3. The Labute approximate surface area is 119 Å². The maximum absolute atomic E-state index is 12.5. The summed E-state index contributed by atoms with van der Waals surface area (Å²) in [5.74, 6) is 0.796. The zero-order valence-corrected chi connectivity index (χ0v) is 11.0. The molecule has 4 N–H and O–H groups in total. The fourth-order valence-corrected chi connectivity index (χ4v) is 2.28. The first-order chi connectivity index (χ1) is 9.93. The number of rotatable bonds is 2. The normalized spacial score (nSPS) is 21.1. The van der Waals surface area contributed by atoms with Gasteiger partial charge < -0.3 is 15.5 Å². The average Bonchev–Trinajstić information content (AvgIpc) is 2.80. The molecule has 0 spiro atoms. The van der Waals surface area contributed by atoms with Gasteiger partial charge in [0.25, 0.3) is 0 Å². The highest BCUT2D eigenvalue weighted by Crippen LogP contribution is 2.29. The van der Waals surface area contributed by atoms with Gasteiger partial charge in [-0.3, -0.25) is 10.7 Å². The number of allylic oxidation sites excluding steroid dienone is 1. The lowest BCUT2D eigenvalue weighted by molar-refractivity contribution is -0.137. The Morgan fingerprint density at radius 3 is 2.67 bits per heavy atom. The lowest BCUT2D eigenvalue weighted by Crippen LogP contribution is -2.40. The van der Waals surface area contributed by atoms with E-state index in [0.29, 0.717) is 13.2 Å². The van der Waals surface area contributed by atoms with Crippen LogP contribution in [-0.2, 0) is 12.7 Å². The number of nitrogens with one attached hydrogen (secondary N) is 2. The molecular formula is C13H14F3N5. The topological polar surface area (TPSA) is 65.7 Å². The van der Waals surface area contributed by atoms with Gasteiger partial charge in [-0.05, 0) is 17.7 Å². The lowest BCUT2D eigenvalue weighted by Gasteiger charge is -2.21. The molecular weight excluding hydrogens is 283 g/mol. The van der Waals surface area contributed by atoms with E-state index >= 15 is 0 Å². The summed E-state index contributed by atoms with van der Waals surface area (Å²) in [7, 11) is 0. The van der Waals surface area contributed by atoms with Crippen LogP contribution in [0.15, 0.2) is 40.8 Å². The number of nitrogens with zero attached hydrogens (tertiary/aromatic N) is 2. The highest BCUT2D eigenvalue weighted by molar-refractivity contribution is 5.80. The fourth-order valence-electron chi connectivity index (χ4n) is 2.28. The van der Waals surface area contributed by atoms with Crippen LogP contribution in [0.5, 0.6) is 0 Å². The van der Waals surface area contributed by atoms with Gasteiger partial charge in [0.15, 0.2) is 6.29 Å². The van der Waals surface area contributed by atoms with E-state index in [9.17, 15) is 13.2 Å². The SMILES string of the molecule is NC1N=CC2=C(NCN2Cc2ccc(C(F)(F)F)cc2)N1. The largest absolute Gasteiger partial charge is 0.416 e. The summed E-state index contributed by atoms with van der Waals surface area (Å²) >= 11 is 0. The second kappa shape index (κ2) is 4.96. The Kier molecular flexibility index (Phi) is 3.25. The van der Waals surface area contributed by atoms with Crippen LogP contribution in [0.2, 0.25) is 0 Å². The van der Waals surface area contributed by atoms with E-state index in [1.807, 2.05) is 4.90 Å². The second-order valence-electron chi connectivity index (χ2n) is 4.86. The van der Waals surface area contributed by atoms with Gasteiger partial charge in [0.05, 0.1) is 24.1 Å². The van der Waals surface area contributed by atoms with Gasteiger partial charge in [-0.25, -0.2) is 0 Å². The van der Waals surface area contributed by atoms with Crippen LogP contribution >= 0.6 is 0 Å². The molecule has 0 fully saturated rings. The van der Waals surface area contributed by atoms with Gasteiger partial charge in [0, 0.05) is 6.54 Å². The Hall–Kier alpha value is -2.22. The van der Waals surface area contributed by atoms with Crippen molar-refractivity contribution in [3.8, 4) is 0 Å². The van der Waals surface area contributed by atoms with E-state index in [4.69, 9.17) is 5.73 Å². The quantitative estimate of drug-likeness (QED) is 0.766. The standard InChI is InChI=1S/C13H14F3N5/c14-13(15,16)9-3-1-8(2-4-9)6-21-7-19-11-10(21)5-18-12(17)20-11/h1-5,12,19-20H,6-7,17H2. The summed E-state index contributed by atoms with van der Waals surface area (Å²) in [5.41, 5.74) is 6.65. The molecule has 0 saturated carbocycles. The van der Waals surface area contributed by atoms with Crippen LogP contribution in [0.1, 0.15) is 11.1 Å². The Morgan fingerprint density at radius 2 is 2.00 bits per heavy atom. The van der Waals surface area contributed by atoms with Crippen LogP contribution < -0.4 is 16.4 Å². The van der Waals surface area contributed by atoms with Crippen LogP contribution in [0.25, 0.3) is 0 Å². The fraction of sp³-hybridized carbons (Fsp3) is 0.308. The van der Waals surface area contributed by atoms with Gasteiger partial charge in [-0.2, -0.15) is 13.2 Å². The number of nitrogens with two attached hydrogens (primary N) is 1. The molecule has 1 aromatic carbocycles. The van der Waals surface area contributed by atoms with Crippen molar-refractivity contribution in [2.75, 3.05) is 6.67 Å². The minimum absolute atomic E-state index is 0.470. The summed E-state index contributed by atoms with van der Waals surface area (Å²) in [4.78, 5) is 6.04. The molecule has 21 heavy (non-hydrogen) atoms. The third-order valence-corrected chi connectivity index (χ3v) is 3.35. The van der Waals surface area contributed by atoms with E-state index in [1.165, 1.54) is 12.1 Å². The molecule has 2 aliphatic heterocycles. The maximum Gasteiger partial charge on any atom is 0.416 e. The number of hydrogen-bond donors (Lipinski definition) is 3. The van der Waals surface area contributed by atoms with Gasteiger partial charge in [-0.15, -0.1) is 0 Å². The van der Waals surface area contributed by atoms with Crippen molar-refractivity contribution >= 4 is 6.21 Å². The summed E-state index contributed by atoms with van der Waals surface area (Å²) in [5, 5.41) is 6.12. The molecule has 112 valence electrons. The van der Waals surface area contributed by atoms with Crippen molar-refractivity contribution in [3.63, 3.8) is 0 Å². The van der Waals surface area contributed by atoms with Crippen molar-refractivity contribution in [2.24, 2.45) is 10.7 Å². The Balaban J connectivity index is 1.72. The first kappa shape index (κ1) is 13.7. The van der Waals surface area contributed by atoms with E-state index in [-0.39, 0.29) is 0 Å². The maximum atomic E-state index is 12.5. The Morgan fingerprint density at radius 1 is 1.29 bits per heavy atom. The summed E-state index contributed by atoms with van der Waals surface area (Å²) < 4.78 is 37.6. The van der Waals surface area contributed by atoms with Gasteiger partial charge in [0.1, 0.15) is 5.82 Å². The molecule has 0 saturated heterocycles. The van der Waals surface area contributed by atoms with Crippen LogP contribution in [0.3, 0.4) is 0 Å². The van der Waals surface area contributed by atoms with Gasteiger partial charge in [0.2, 0.25) is 0 Å². The summed E-state index contributed by atoms with van der Waals surface area (Å²) in [6.07, 6.45) is -3.11. The van der Waals surface area contributed by atoms with Crippen LogP contribution in [-0.4, -0.2) is 24.1 Å². The zero-order chi connectivity index (χ0) is 15.0. The molecule has 0 bridgehead atoms. The van der Waals surface area contributed by atoms with Crippen molar-refractivity contribution in [1.82, 2.24) is 15.5 Å². The number of aliphatic imine (C=N–C) groups is 1. The van der Waals surface area contributed by atoms with Crippen LogP contribution in [0, 0.1) is 0 Å².